The van der Waals surface area contributed by atoms with Gasteiger partial charge >= 0.3 is 0 Å². The molecule has 21 heavy (non-hydrogen) atoms. The lowest BCUT2D eigenvalue weighted by Crippen LogP contribution is -2.13. The Bertz CT molecular complexity index is 791. The molecule has 3 nitrogen and oxygen atoms in total. The van der Waals surface area contributed by atoms with Crippen molar-refractivity contribution in [1.82, 2.24) is 4.98 Å². The van der Waals surface area contributed by atoms with Gasteiger partial charge in [0.05, 0.1) is 6.54 Å². The van der Waals surface area contributed by atoms with Crippen molar-refractivity contribution in [3.8, 4) is 0 Å². The minimum Gasteiger partial charge on any atom is -0.377 e. The Labute approximate surface area is 131 Å². The highest BCUT2D eigenvalue weighted by molar-refractivity contribution is 6.35. The summed E-state index contributed by atoms with van der Waals surface area (Å²) in [6.45, 7) is 0.179. The topological polar surface area (TPSA) is 44.9 Å². The highest BCUT2D eigenvalue weighted by Crippen LogP contribution is 2.23. The third-order valence-corrected chi connectivity index (χ3v) is 3.64. The van der Waals surface area contributed by atoms with Crippen molar-refractivity contribution < 1.29 is 4.79 Å². The minimum absolute atomic E-state index is 0.00329. The van der Waals surface area contributed by atoms with Gasteiger partial charge in [-0.25, -0.2) is 0 Å². The second-order valence-electron chi connectivity index (χ2n) is 4.68. The molecule has 0 atom stereocenters. The maximum atomic E-state index is 12.3. The highest BCUT2D eigenvalue weighted by atomic mass is 35.5. The fourth-order valence-corrected chi connectivity index (χ4v) is 2.76. The number of rotatable bonds is 4. The molecule has 3 aromatic rings. The van der Waals surface area contributed by atoms with Gasteiger partial charge in [-0.3, -0.25) is 4.79 Å². The van der Waals surface area contributed by atoms with Crippen LogP contribution in [0.3, 0.4) is 0 Å². The summed E-state index contributed by atoms with van der Waals surface area (Å²) in [7, 11) is 0. The summed E-state index contributed by atoms with van der Waals surface area (Å²) in [6, 6.07) is 12.8. The zero-order chi connectivity index (χ0) is 14.8. The molecule has 1 aromatic heterocycles. The van der Waals surface area contributed by atoms with Crippen LogP contribution < -0.4 is 5.32 Å². The summed E-state index contributed by atoms with van der Waals surface area (Å²) in [6.07, 6.45) is 1.74. The molecule has 0 amide bonds. The number of hydrogen-bond donors (Lipinski definition) is 2. The molecular weight excluding hydrogens is 307 g/mol. The van der Waals surface area contributed by atoms with Crippen LogP contribution in [-0.2, 0) is 0 Å². The van der Waals surface area contributed by atoms with Crippen molar-refractivity contribution in [3.63, 3.8) is 0 Å². The maximum Gasteiger partial charge on any atom is 0.183 e. The summed E-state index contributed by atoms with van der Waals surface area (Å²) in [5.41, 5.74) is 2.35. The van der Waals surface area contributed by atoms with Crippen LogP contribution in [0.1, 0.15) is 10.4 Å². The molecule has 0 spiro atoms. The van der Waals surface area contributed by atoms with Crippen molar-refractivity contribution >= 4 is 45.6 Å². The van der Waals surface area contributed by atoms with Gasteiger partial charge in [-0.1, -0.05) is 41.4 Å². The molecular formula is C16H12Cl2N2O. The van der Waals surface area contributed by atoms with E-state index in [2.05, 4.69) is 10.3 Å². The van der Waals surface area contributed by atoms with Gasteiger partial charge in [0.1, 0.15) is 0 Å². The van der Waals surface area contributed by atoms with E-state index in [1.54, 1.807) is 24.4 Å². The van der Waals surface area contributed by atoms with Gasteiger partial charge in [0.2, 0.25) is 0 Å². The number of Topliss-reactive ketones (excluding diaryl/α,β-unsaturated/α-hetero) is 1. The van der Waals surface area contributed by atoms with E-state index in [4.69, 9.17) is 23.2 Å². The lowest BCUT2D eigenvalue weighted by Gasteiger charge is -2.06. The smallest absolute Gasteiger partial charge is 0.183 e. The Hall–Kier alpha value is -1.97. The Balaban J connectivity index is 1.77. The highest BCUT2D eigenvalue weighted by Gasteiger charge is 2.11. The van der Waals surface area contributed by atoms with Crippen LogP contribution in [0.4, 0.5) is 5.69 Å². The van der Waals surface area contributed by atoms with Gasteiger partial charge in [-0.2, -0.15) is 0 Å². The van der Waals surface area contributed by atoms with Gasteiger partial charge < -0.3 is 10.3 Å². The average Bonchev–Trinajstić information content (AvgIpc) is 2.88. The number of carbonyl (C=O) groups is 1. The molecule has 0 fully saturated rings. The van der Waals surface area contributed by atoms with Crippen LogP contribution in [0.25, 0.3) is 10.9 Å². The van der Waals surface area contributed by atoms with Crippen molar-refractivity contribution in [1.29, 1.82) is 0 Å². The zero-order valence-electron chi connectivity index (χ0n) is 11.0. The number of carbonyl (C=O) groups excluding carboxylic acids is 1. The number of nitrogens with one attached hydrogen (secondary N) is 2. The molecule has 5 heteroatoms. The number of hydrogen-bond acceptors (Lipinski definition) is 2. The second kappa shape index (κ2) is 5.80. The van der Waals surface area contributed by atoms with Crippen LogP contribution >= 0.6 is 23.2 Å². The molecule has 0 bridgehead atoms. The molecule has 3 rings (SSSR count). The SMILES string of the molecule is O=C(CNc1cc(Cl)cc(Cl)c1)c1c[nH]c2ccccc12. The summed E-state index contributed by atoms with van der Waals surface area (Å²) in [5.74, 6) is 0.00329. The number of aromatic amines is 1. The third kappa shape index (κ3) is 3.04. The first kappa shape index (κ1) is 14.0. The van der Waals surface area contributed by atoms with Gasteiger partial charge in [0.15, 0.2) is 5.78 Å². The molecule has 0 saturated heterocycles. The van der Waals surface area contributed by atoms with Crippen molar-refractivity contribution in [3.05, 3.63) is 64.3 Å². The van der Waals surface area contributed by atoms with Crippen molar-refractivity contribution in [2.45, 2.75) is 0 Å². The summed E-state index contributed by atoms with van der Waals surface area (Å²) in [5, 5.41) is 5.04. The molecule has 1 heterocycles. The predicted molar refractivity (Wildman–Crippen MR) is 87.6 cm³/mol. The van der Waals surface area contributed by atoms with E-state index >= 15 is 0 Å². The first-order valence-electron chi connectivity index (χ1n) is 6.43. The normalized spacial score (nSPS) is 10.8. The van der Waals surface area contributed by atoms with Gasteiger partial charge in [0.25, 0.3) is 0 Å². The number of fused-ring (bicyclic) bond motifs is 1. The van der Waals surface area contributed by atoms with Crippen LogP contribution in [0.15, 0.2) is 48.7 Å². The van der Waals surface area contributed by atoms with E-state index in [0.29, 0.717) is 15.6 Å². The van der Waals surface area contributed by atoms with E-state index in [9.17, 15) is 4.79 Å². The lowest BCUT2D eigenvalue weighted by molar-refractivity contribution is 0.101. The number of H-pyrrole nitrogens is 1. The van der Waals surface area contributed by atoms with Gasteiger partial charge in [-0.05, 0) is 24.3 Å². The van der Waals surface area contributed by atoms with Crippen LogP contribution in [0.5, 0.6) is 0 Å². The van der Waals surface area contributed by atoms with E-state index < -0.39 is 0 Å². The first-order valence-corrected chi connectivity index (χ1v) is 7.18. The van der Waals surface area contributed by atoms with Crippen molar-refractivity contribution in [2.75, 3.05) is 11.9 Å². The fraction of sp³-hybridized carbons (Fsp3) is 0.0625. The minimum atomic E-state index is 0.00329. The Morgan fingerprint density at radius 2 is 1.81 bits per heavy atom. The number of halogens is 2. The van der Waals surface area contributed by atoms with E-state index in [0.717, 1.165) is 16.6 Å². The second-order valence-corrected chi connectivity index (χ2v) is 5.56. The number of anilines is 1. The molecule has 0 aliphatic carbocycles. The van der Waals surface area contributed by atoms with Crippen LogP contribution in [0.2, 0.25) is 10.0 Å². The Morgan fingerprint density at radius 1 is 1.10 bits per heavy atom. The Kier molecular flexibility index (Phi) is 3.86. The summed E-state index contributed by atoms with van der Waals surface area (Å²) in [4.78, 5) is 15.4. The average molecular weight is 319 g/mol. The fourth-order valence-electron chi connectivity index (χ4n) is 2.24. The largest absolute Gasteiger partial charge is 0.377 e. The first-order chi connectivity index (χ1) is 10.1. The number of benzene rings is 2. The number of para-hydroxylation sites is 1. The molecule has 2 N–H and O–H groups in total. The van der Waals surface area contributed by atoms with Crippen molar-refractivity contribution in [2.24, 2.45) is 0 Å². The molecule has 0 saturated carbocycles. The number of aromatic nitrogens is 1. The van der Waals surface area contributed by atoms with E-state index in [1.165, 1.54) is 0 Å². The van der Waals surface area contributed by atoms with Crippen LogP contribution in [0, 0.1) is 0 Å². The molecule has 0 radical (unpaired) electrons. The molecule has 2 aromatic carbocycles. The maximum absolute atomic E-state index is 12.3. The third-order valence-electron chi connectivity index (χ3n) is 3.21. The summed E-state index contributed by atoms with van der Waals surface area (Å²) < 4.78 is 0. The molecule has 0 aliphatic rings. The van der Waals surface area contributed by atoms with E-state index in [1.807, 2.05) is 24.3 Å². The molecule has 0 unspecified atom stereocenters. The Morgan fingerprint density at radius 3 is 2.57 bits per heavy atom. The quantitative estimate of drug-likeness (QED) is 0.680. The number of ketones is 1. The van der Waals surface area contributed by atoms with Gasteiger partial charge in [0, 0.05) is 38.4 Å². The standard InChI is InChI=1S/C16H12Cl2N2O/c17-10-5-11(18)7-12(6-10)19-9-16(21)14-8-20-15-4-2-1-3-13(14)15/h1-8,19-20H,9H2. The monoisotopic (exact) mass is 318 g/mol. The van der Waals surface area contributed by atoms with E-state index in [-0.39, 0.29) is 12.3 Å². The van der Waals surface area contributed by atoms with Crippen LogP contribution in [-0.4, -0.2) is 17.3 Å². The zero-order valence-corrected chi connectivity index (χ0v) is 12.5. The van der Waals surface area contributed by atoms with Gasteiger partial charge in [-0.15, -0.1) is 0 Å². The summed E-state index contributed by atoms with van der Waals surface area (Å²) >= 11 is 11.9. The molecule has 0 aliphatic heterocycles. The lowest BCUT2D eigenvalue weighted by atomic mass is 10.1. The predicted octanol–water partition coefficient (Wildman–Crippen LogP) is 4.77. The molecule has 106 valence electrons.